The van der Waals surface area contributed by atoms with Crippen LogP contribution in [0.1, 0.15) is 38.7 Å². The van der Waals surface area contributed by atoms with E-state index in [1.54, 1.807) is 0 Å². The Balaban J connectivity index is 1.63. The van der Waals surface area contributed by atoms with E-state index in [2.05, 4.69) is 42.4 Å². The summed E-state index contributed by atoms with van der Waals surface area (Å²) in [4.78, 5) is 18.9. The monoisotopic (exact) mass is 372 g/mol. The third-order valence-corrected chi connectivity index (χ3v) is 5.41. The number of piperidine rings is 1. The lowest BCUT2D eigenvalue weighted by atomic mass is 9.79. The first-order valence-corrected chi connectivity index (χ1v) is 10.0. The lowest BCUT2D eigenvalue weighted by Gasteiger charge is -2.40. The highest BCUT2D eigenvalue weighted by atomic mass is 16.5. The number of hydrogen-bond donors (Lipinski definition) is 2. The number of aliphatic imine (C=N–C) groups is 1. The number of benzene rings is 1. The number of nitrogens with one attached hydrogen (secondary N) is 2. The Morgan fingerprint density at radius 2 is 2.26 bits per heavy atom. The minimum absolute atomic E-state index is 0.00627. The van der Waals surface area contributed by atoms with Gasteiger partial charge in [-0.25, -0.2) is 4.99 Å². The van der Waals surface area contributed by atoms with Crippen LogP contribution in [0, 0.1) is 12.3 Å². The number of aryl methyl sites for hydroxylation is 1. The molecule has 2 saturated heterocycles. The molecular weight excluding hydrogens is 340 g/mol. The Kier molecular flexibility index (Phi) is 6.24. The van der Waals surface area contributed by atoms with Crippen molar-refractivity contribution in [3.8, 4) is 5.75 Å². The van der Waals surface area contributed by atoms with Crippen LogP contribution in [0.3, 0.4) is 0 Å². The van der Waals surface area contributed by atoms with Gasteiger partial charge < -0.3 is 20.3 Å². The first-order valence-electron chi connectivity index (χ1n) is 10.0. The van der Waals surface area contributed by atoms with Crippen molar-refractivity contribution in [2.45, 2.75) is 46.1 Å². The first-order chi connectivity index (χ1) is 13.0. The molecule has 0 aliphatic carbocycles. The summed E-state index contributed by atoms with van der Waals surface area (Å²) in [5.41, 5.74) is 1.20. The minimum atomic E-state index is -0.00627. The van der Waals surface area contributed by atoms with Gasteiger partial charge >= 0.3 is 0 Å². The second kappa shape index (κ2) is 8.63. The molecule has 2 heterocycles. The van der Waals surface area contributed by atoms with E-state index in [1.807, 2.05) is 18.2 Å². The largest absolute Gasteiger partial charge is 0.489 e. The van der Waals surface area contributed by atoms with Crippen molar-refractivity contribution >= 4 is 11.9 Å². The zero-order valence-corrected chi connectivity index (χ0v) is 16.8. The fourth-order valence-electron chi connectivity index (χ4n) is 4.01. The summed E-state index contributed by atoms with van der Waals surface area (Å²) in [6.45, 7) is 10.3. The summed E-state index contributed by atoms with van der Waals surface area (Å²) in [5.74, 6) is 2.02. The number of ether oxygens (including phenoxy) is 1. The Bertz CT molecular complexity index is 691. The Labute approximate surface area is 162 Å². The van der Waals surface area contributed by atoms with Crippen LogP contribution in [0.5, 0.6) is 5.75 Å². The van der Waals surface area contributed by atoms with E-state index >= 15 is 0 Å². The molecule has 3 rings (SSSR count). The number of guanidine groups is 1. The van der Waals surface area contributed by atoms with E-state index in [0.717, 1.165) is 56.3 Å². The third-order valence-electron chi connectivity index (χ3n) is 5.41. The van der Waals surface area contributed by atoms with E-state index in [-0.39, 0.29) is 17.4 Å². The van der Waals surface area contributed by atoms with Gasteiger partial charge in [0.1, 0.15) is 11.9 Å². The van der Waals surface area contributed by atoms with Crippen molar-refractivity contribution in [1.82, 2.24) is 15.5 Å². The van der Waals surface area contributed by atoms with Crippen LogP contribution in [0.2, 0.25) is 0 Å². The molecule has 2 atom stereocenters. The molecule has 6 heteroatoms. The summed E-state index contributed by atoms with van der Waals surface area (Å²) in [7, 11) is 0. The maximum absolute atomic E-state index is 11.7. The van der Waals surface area contributed by atoms with Crippen LogP contribution >= 0.6 is 0 Å². The molecule has 148 valence electrons. The zero-order valence-electron chi connectivity index (χ0n) is 16.8. The van der Waals surface area contributed by atoms with Gasteiger partial charge in [0.25, 0.3) is 0 Å². The molecule has 1 aromatic carbocycles. The van der Waals surface area contributed by atoms with Crippen molar-refractivity contribution < 1.29 is 9.53 Å². The molecule has 6 nitrogen and oxygen atoms in total. The molecule has 0 aromatic heterocycles. The molecule has 0 bridgehead atoms. The maximum Gasteiger partial charge on any atom is 0.220 e. The first kappa shape index (κ1) is 19.5. The van der Waals surface area contributed by atoms with Crippen LogP contribution in [0.15, 0.2) is 29.3 Å². The number of hydrogen-bond acceptors (Lipinski definition) is 3. The topological polar surface area (TPSA) is 66.0 Å². The van der Waals surface area contributed by atoms with E-state index in [1.165, 1.54) is 0 Å². The molecule has 1 aromatic rings. The van der Waals surface area contributed by atoms with Crippen LogP contribution in [-0.4, -0.2) is 55.6 Å². The summed E-state index contributed by atoms with van der Waals surface area (Å²) >= 11 is 0. The number of likely N-dealkylation sites (tertiary alicyclic amines) is 1. The van der Waals surface area contributed by atoms with Gasteiger partial charge in [0.05, 0.1) is 6.54 Å². The number of nitrogens with zero attached hydrogens (tertiary/aromatic N) is 2. The van der Waals surface area contributed by atoms with Crippen molar-refractivity contribution in [3.63, 3.8) is 0 Å². The van der Waals surface area contributed by atoms with E-state index in [9.17, 15) is 4.79 Å². The van der Waals surface area contributed by atoms with Crippen LogP contribution in [0.4, 0.5) is 0 Å². The Morgan fingerprint density at radius 1 is 1.44 bits per heavy atom. The van der Waals surface area contributed by atoms with Gasteiger partial charge in [0.15, 0.2) is 5.96 Å². The number of amides is 1. The number of carbonyl (C=O) groups excluding carboxylic acids is 1. The van der Waals surface area contributed by atoms with Crippen molar-refractivity contribution in [1.29, 1.82) is 0 Å². The van der Waals surface area contributed by atoms with E-state index in [0.29, 0.717) is 13.0 Å². The second-order valence-corrected chi connectivity index (χ2v) is 7.87. The average Bonchev–Trinajstić information content (AvgIpc) is 3.00. The van der Waals surface area contributed by atoms with Gasteiger partial charge in [-0.05, 0) is 45.2 Å². The molecule has 0 saturated carbocycles. The number of carbonyl (C=O) groups is 1. The van der Waals surface area contributed by atoms with Gasteiger partial charge in [-0.3, -0.25) is 4.79 Å². The molecule has 2 aliphatic rings. The maximum atomic E-state index is 11.7. The predicted molar refractivity (Wildman–Crippen MR) is 108 cm³/mol. The van der Waals surface area contributed by atoms with E-state index in [4.69, 9.17) is 9.73 Å². The molecule has 2 unspecified atom stereocenters. The zero-order chi connectivity index (χ0) is 19.3. The predicted octanol–water partition coefficient (Wildman–Crippen LogP) is 2.33. The molecule has 2 N–H and O–H groups in total. The van der Waals surface area contributed by atoms with Gasteiger partial charge in [0.2, 0.25) is 5.91 Å². The number of para-hydroxylation sites is 1. The minimum Gasteiger partial charge on any atom is -0.489 e. The van der Waals surface area contributed by atoms with Crippen LogP contribution in [-0.2, 0) is 4.79 Å². The quantitative estimate of drug-likeness (QED) is 0.615. The smallest absolute Gasteiger partial charge is 0.220 e. The molecule has 1 amide bonds. The van der Waals surface area contributed by atoms with Crippen molar-refractivity contribution in [2.75, 3.05) is 32.7 Å². The van der Waals surface area contributed by atoms with E-state index < -0.39 is 0 Å². The highest BCUT2D eigenvalue weighted by molar-refractivity contribution is 5.81. The normalized spacial score (nSPS) is 24.0. The summed E-state index contributed by atoms with van der Waals surface area (Å²) in [6.07, 6.45) is 2.83. The van der Waals surface area contributed by atoms with Gasteiger partial charge in [0, 0.05) is 38.0 Å². The molecule has 27 heavy (non-hydrogen) atoms. The molecule has 2 fully saturated rings. The highest BCUT2D eigenvalue weighted by Gasteiger charge is 2.42. The summed E-state index contributed by atoms with van der Waals surface area (Å²) in [5, 5.41) is 6.42. The SMILES string of the molecule is CCNC(=NCC(C)Oc1ccccc1C)N1CCCC2(CNC(=O)C2)C1. The fourth-order valence-corrected chi connectivity index (χ4v) is 4.01. The third kappa shape index (κ3) is 4.93. The van der Waals surface area contributed by atoms with Gasteiger partial charge in [-0.1, -0.05) is 18.2 Å². The fraction of sp³-hybridized carbons (Fsp3) is 0.619. The molecule has 0 radical (unpaired) electrons. The van der Waals surface area contributed by atoms with Gasteiger partial charge in [-0.15, -0.1) is 0 Å². The summed E-state index contributed by atoms with van der Waals surface area (Å²) < 4.78 is 6.06. The second-order valence-electron chi connectivity index (χ2n) is 7.87. The van der Waals surface area contributed by atoms with Crippen molar-refractivity contribution in [2.24, 2.45) is 10.4 Å². The lowest BCUT2D eigenvalue weighted by Crippen LogP contribution is -2.51. The number of rotatable bonds is 5. The molecular formula is C21H32N4O2. The molecule has 2 aliphatic heterocycles. The van der Waals surface area contributed by atoms with Crippen molar-refractivity contribution in [3.05, 3.63) is 29.8 Å². The molecule has 1 spiro atoms. The Hall–Kier alpha value is -2.24. The van der Waals surface area contributed by atoms with Crippen LogP contribution in [0.25, 0.3) is 0 Å². The summed E-state index contributed by atoms with van der Waals surface area (Å²) in [6, 6.07) is 8.06. The van der Waals surface area contributed by atoms with Gasteiger partial charge in [-0.2, -0.15) is 0 Å². The lowest BCUT2D eigenvalue weighted by molar-refractivity contribution is -0.119. The average molecular weight is 373 g/mol. The highest BCUT2D eigenvalue weighted by Crippen LogP contribution is 2.36. The standard InChI is InChI=1S/C21H32N4O2/c1-4-22-20(23-13-17(3)27-18-9-6-5-8-16(18)2)25-11-7-10-21(15-25)12-19(26)24-14-21/h5-6,8-9,17H,4,7,10-15H2,1-3H3,(H,22,23)(H,24,26). The van der Waals surface area contributed by atoms with Crippen LogP contribution < -0.4 is 15.4 Å². The Morgan fingerprint density at radius 3 is 2.96 bits per heavy atom.